The Morgan fingerprint density at radius 1 is 1.52 bits per heavy atom. The number of para-hydroxylation sites is 1. The van der Waals surface area contributed by atoms with E-state index in [4.69, 9.17) is 5.11 Å². The van der Waals surface area contributed by atoms with Crippen LogP contribution in [0.1, 0.15) is 16.1 Å². The third-order valence-electron chi connectivity index (χ3n) is 2.96. The number of imidazole rings is 1. The van der Waals surface area contributed by atoms with Crippen LogP contribution in [0.5, 0.6) is 0 Å². The van der Waals surface area contributed by atoms with E-state index in [-0.39, 0.29) is 11.4 Å². The normalized spacial score (nSPS) is 10.3. The van der Waals surface area contributed by atoms with Crippen LogP contribution in [-0.4, -0.2) is 32.1 Å². The lowest BCUT2D eigenvalue weighted by Crippen LogP contribution is -2.11. The maximum Gasteiger partial charge on any atom is 0.356 e. The first kappa shape index (κ1) is 14.5. The number of carbonyl (C=O) groups is 1. The van der Waals surface area contributed by atoms with E-state index in [1.807, 2.05) is 0 Å². The first-order valence-electron chi connectivity index (χ1n) is 6.22. The molecule has 0 saturated heterocycles. The highest BCUT2D eigenvalue weighted by Crippen LogP contribution is 2.27. The van der Waals surface area contributed by atoms with Crippen molar-refractivity contribution in [3.63, 3.8) is 0 Å². The molecule has 0 fully saturated rings. The van der Waals surface area contributed by atoms with Gasteiger partial charge in [0, 0.05) is 24.8 Å². The van der Waals surface area contributed by atoms with Crippen LogP contribution in [-0.2, 0) is 6.54 Å². The van der Waals surface area contributed by atoms with Gasteiger partial charge in [-0.2, -0.15) is 0 Å². The summed E-state index contributed by atoms with van der Waals surface area (Å²) < 4.78 is 1.61. The molecular formula is C13H14N4O4. The highest BCUT2D eigenvalue weighted by Gasteiger charge is 2.16. The van der Waals surface area contributed by atoms with Crippen LogP contribution in [0.3, 0.4) is 0 Å². The Bertz CT molecular complexity index is 681. The molecule has 0 radical (unpaired) electrons. The van der Waals surface area contributed by atoms with Gasteiger partial charge in [0.05, 0.1) is 11.3 Å². The maximum atomic E-state index is 11.0. The number of nitro benzene ring substituents is 1. The second-order valence-electron chi connectivity index (χ2n) is 4.46. The van der Waals surface area contributed by atoms with E-state index in [1.54, 1.807) is 29.7 Å². The van der Waals surface area contributed by atoms with Crippen LogP contribution in [0.4, 0.5) is 11.4 Å². The maximum absolute atomic E-state index is 11.0. The smallest absolute Gasteiger partial charge is 0.356 e. The molecule has 2 rings (SSSR count). The number of carboxylic acids is 1. The minimum Gasteiger partial charge on any atom is -0.476 e. The number of aryl methyl sites for hydroxylation is 1. The molecule has 110 valence electrons. The van der Waals surface area contributed by atoms with E-state index in [0.29, 0.717) is 24.3 Å². The largest absolute Gasteiger partial charge is 0.476 e. The van der Waals surface area contributed by atoms with Crippen LogP contribution >= 0.6 is 0 Å². The van der Waals surface area contributed by atoms with Gasteiger partial charge in [0.2, 0.25) is 0 Å². The minimum absolute atomic E-state index is 0.0310. The molecule has 2 N–H and O–H groups in total. The van der Waals surface area contributed by atoms with Crippen molar-refractivity contribution in [3.05, 3.63) is 52.1 Å². The van der Waals surface area contributed by atoms with Crippen molar-refractivity contribution in [3.8, 4) is 0 Å². The zero-order valence-corrected chi connectivity index (χ0v) is 11.3. The van der Waals surface area contributed by atoms with Gasteiger partial charge < -0.3 is 15.0 Å². The summed E-state index contributed by atoms with van der Waals surface area (Å²) in [5.74, 6) is -1.09. The molecule has 0 atom stereocenters. The molecule has 0 bridgehead atoms. The van der Waals surface area contributed by atoms with Gasteiger partial charge in [-0.1, -0.05) is 12.1 Å². The Kier molecular flexibility index (Phi) is 4.17. The number of nitrogens with one attached hydrogen (secondary N) is 1. The summed E-state index contributed by atoms with van der Waals surface area (Å²) >= 11 is 0. The standard InChI is InChI=1S/C13H14N4O4/c1-9-3-2-4-10(12(9)17(20)21)14-5-6-16-7-11(13(18)19)15-8-16/h2-4,7-8,14H,5-6H2,1H3,(H,18,19). The summed E-state index contributed by atoms with van der Waals surface area (Å²) in [6.07, 6.45) is 2.82. The lowest BCUT2D eigenvalue weighted by atomic mass is 10.1. The Morgan fingerprint density at radius 3 is 2.90 bits per heavy atom. The van der Waals surface area contributed by atoms with Gasteiger partial charge >= 0.3 is 5.97 Å². The van der Waals surface area contributed by atoms with Crippen molar-refractivity contribution in [2.24, 2.45) is 0 Å². The lowest BCUT2D eigenvalue weighted by Gasteiger charge is -2.08. The molecular weight excluding hydrogens is 276 g/mol. The number of nitrogens with zero attached hydrogens (tertiary/aromatic N) is 3. The van der Waals surface area contributed by atoms with Gasteiger partial charge in [0.15, 0.2) is 5.69 Å². The van der Waals surface area contributed by atoms with E-state index in [9.17, 15) is 14.9 Å². The number of carboxylic acid groups (broad SMARTS) is 1. The van der Waals surface area contributed by atoms with Crippen molar-refractivity contribution in [2.75, 3.05) is 11.9 Å². The van der Waals surface area contributed by atoms with E-state index in [0.717, 1.165) is 0 Å². The fourth-order valence-corrected chi connectivity index (χ4v) is 1.96. The highest BCUT2D eigenvalue weighted by atomic mass is 16.6. The number of hydrogen-bond acceptors (Lipinski definition) is 5. The molecule has 0 aliphatic carbocycles. The van der Waals surface area contributed by atoms with Crippen molar-refractivity contribution < 1.29 is 14.8 Å². The van der Waals surface area contributed by atoms with Gasteiger partial charge in [0.1, 0.15) is 5.69 Å². The quantitative estimate of drug-likeness (QED) is 0.621. The number of benzene rings is 1. The first-order valence-corrected chi connectivity index (χ1v) is 6.22. The predicted octanol–water partition coefficient (Wildman–Crippen LogP) is 1.91. The molecule has 0 saturated carbocycles. The average Bonchev–Trinajstić information content (AvgIpc) is 2.87. The van der Waals surface area contributed by atoms with E-state index in [1.165, 1.54) is 12.5 Å². The second-order valence-corrected chi connectivity index (χ2v) is 4.46. The lowest BCUT2D eigenvalue weighted by molar-refractivity contribution is -0.384. The summed E-state index contributed by atoms with van der Waals surface area (Å²) in [6.45, 7) is 2.55. The van der Waals surface area contributed by atoms with E-state index >= 15 is 0 Å². The Labute approximate surface area is 120 Å². The molecule has 8 nitrogen and oxygen atoms in total. The van der Waals surface area contributed by atoms with Crippen LogP contribution in [0.15, 0.2) is 30.7 Å². The van der Waals surface area contributed by atoms with Crippen molar-refractivity contribution in [1.29, 1.82) is 0 Å². The summed E-state index contributed by atoms with van der Waals surface area (Å²) in [4.78, 5) is 25.0. The number of anilines is 1. The summed E-state index contributed by atoms with van der Waals surface area (Å²) in [7, 11) is 0. The molecule has 0 aliphatic heterocycles. The SMILES string of the molecule is Cc1cccc(NCCn2cnc(C(=O)O)c2)c1[N+](=O)[O-]. The molecule has 8 heteroatoms. The molecule has 1 heterocycles. The number of rotatable bonds is 6. The van der Waals surface area contributed by atoms with Gasteiger partial charge in [0.25, 0.3) is 5.69 Å². The second kappa shape index (κ2) is 6.04. The summed E-state index contributed by atoms with van der Waals surface area (Å²) in [6, 6.07) is 5.06. The van der Waals surface area contributed by atoms with Gasteiger partial charge in [-0.15, -0.1) is 0 Å². The number of aromatic carboxylic acids is 1. The third kappa shape index (κ3) is 3.35. The molecule has 0 amide bonds. The summed E-state index contributed by atoms with van der Waals surface area (Å²) in [5, 5.41) is 22.8. The van der Waals surface area contributed by atoms with E-state index in [2.05, 4.69) is 10.3 Å². The molecule has 0 unspecified atom stereocenters. The fourth-order valence-electron chi connectivity index (χ4n) is 1.96. The molecule has 0 aliphatic rings. The Hall–Kier alpha value is -2.90. The van der Waals surface area contributed by atoms with Gasteiger partial charge in [-0.3, -0.25) is 10.1 Å². The monoisotopic (exact) mass is 290 g/mol. The van der Waals surface area contributed by atoms with Crippen molar-refractivity contribution >= 4 is 17.3 Å². The predicted molar refractivity (Wildman–Crippen MR) is 75.5 cm³/mol. The van der Waals surface area contributed by atoms with Crippen molar-refractivity contribution in [2.45, 2.75) is 13.5 Å². The molecule has 1 aromatic heterocycles. The highest BCUT2D eigenvalue weighted by molar-refractivity contribution is 5.84. The van der Waals surface area contributed by atoms with Crippen LogP contribution in [0.2, 0.25) is 0 Å². The van der Waals surface area contributed by atoms with Crippen LogP contribution in [0.25, 0.3) is 0 Å². The van der Waals surface area contributed by atoms with Crippen LogP contribution in [0, 0.1) is 17.0 Å². The number of nitro groups is 1. The topological polar surface area (TPSA) is 110 Å². The number of aromatic nitrogens is 2. The average molecular weight is 290 g/mol. The summed E-state index contributed by atoms with van der Waals surface area (Å²) in [5.41, 5.74) is 1.05. The molecule has 21 heavy (non-hydrogen) atoms. The van der Waals surface area contributed by atoms with Crippen molar-refractivity contribution in [1.82, 2.24) is 9.55 Å². The molecule has 2 aromatic rings. The Balaban J connectivity index is 2.02. The minimum atomic E-state index is -1.09. The Morgan fingerprint density at radius 2 is 2.29 bits per heavy atom. The third-order valence-corrected chi connectivity index (χ3v) is 2.96. The first-order chi connectivity index (χ1) is 9.99. The van der Waals surface area contributed by atoms with E-state index < -0.39 is 10.9 Å². The zero-order valence-electron chi connectivity index (χ0n) is 11.3. The van der Waals surface area contributed by atoms with Gasteiger partial charge in [-0.25, -0.2) is 9.78 Å². The van der Waals surface area contributed by atoms with Gasteiger partial charge in [-0.05, 0) is 13.0 Å². The molecule has 1 aromatic carbocycles. The molecule has 0 spiro atoms. The fraction of sp³-hybridized carbons (Fsp3) is 0.231. The number of hydrogen-bond donors (Lipinski definition) is 2. The van der Waals surface area contributed by atoms with Crippen LogP contribution < -0.4 is 5.32 Å². The zero-order chi connectivity index (χ0) is 15.4.